The van der Waals surface area contributed by atoms with Crippen molar-refractivity contribution >= 4 is 5.91 Å². The molecule has 0 saturated carbocycles. The van der Waals surface area contributed by atoms with E-state index in [0.717, 1.165) is 38.5 Å². The van der Waals surface area contributed by atoms with Gasteiger partial charge >= 0.3 is 0 Å². The van der Waals surface area contributed by atoms with Gasteiger partial charge in [0.1, 0.15) is 24.4 Å². The molecule has 0 aromatic heterocycles. The summed E-state index contributed by atoms with van der Waals surface area (Å²) < 4.78 is 11.2. The number of aliphatic hydroxyl groups is 5. The molecule has 1 fully saturated rings. The smallest absolute Gasteiger partial charge is 0.220 e. The van der Waals surface area contributed by atoms with Crippen LogP contribution in [-0.4, -0.2) is 87.5 Å². The van der Waals surface area contributed by atoms with E-state index >= 15 is 0 Å². The highest BCUT2D eigenvalue weighted by Crippen LogP contribution is 2.22. The molecule has 0 aliphatic carbocycles. The number of aliphatic hydroxyl groups excluding tert-OH is 5. The van der Waals surface area contributed by atoms with Gasteiger partial charge in [-0.2, -0.15) is 0 Å². The van der Waals surface area contributed by atoms with Crippen LogP contribution in [0.2, 0.25) is 0 Å². The fourth-order valence-corrected chi connectivity index (χ4v) is 7.04. The molecule has 1 aliphatic rings. The van der Waals surface area contributed by atoms with Gasteiger partial charge in [0.2, 0.25) is 5.91 Å². The minimum absolute atomic E-state index is 0.176. The van der Waals surface area contributed by atoms with Crippen molar-refractivity contribution in [1.29, 1.82) is 0 Å². The van der Waals surface area contributed by atoms with Crippen molar-refractivity contribution in [2.24, 2.45) is 0 Å². The summed E-state index contributed by atoms with van der Waals surface area (Å²) >= 11 is 0. The van der Waals surface area contributed by atoms with Crippen LogP contribution in [0.25, 0.3) is 0 Å². The SMILES string of the molecule is CCCCCCCCCCC/C=C/[C@@H](O)[C@H](CO[C@@H]1O[C@H](CO)[C@@H](O)[C@H](O)[C@H]1O)NC(=O)CCCCCCCCCCCCCCCCCCCC. The quantitative estimate of drug-likeness (QED) is 0.0277. The minimum Gasteiger partial charge on any atom is -0.394 e. The van der Waals surface area contributed by atoms with E-state index < -0.39 is 49.5 Å². The van der Waals surface area contributed by atoms with Crippen LogP contribution in [0.15, 0.2) is 12.2 Å². The Bertz CT molecular complexity index is 827. The van der Waals surface area contributed by atoms with Gasteiger partial charge in [0, 0.05) is 6.42 Å². The van der Waals surface area contributed by atoms with Crippen LogP contribution in [0.1, 0.15) is 200 Å². The maximum atomic E-state index is 12.9. The molecule has 0 unspecified atom stereocenters. The second-order valence-corrected chi connectivity index (χ2v) is 15.5. The average molecular weight is 742 g/mol. The zero-order valence-electron chi connectivity index (χ0n) is 33.6. The second kappa shape index (κ2) is 34.4. The Kier molecular flexibility index (Phi) is 32.4. The Morgan fingerprint density at radius 1 is 0.635 bits per heavy atom. The van der Waals surface area contributed by atoms with Gasteiger partial charge < -0.3 is 40.3 Å². The highest BCUT2D eigenvalue weighted by molar-refractivity contribution is 5.76. The number of rotatable bonds is 36. The molecule has 52 heavy (non-hydrogen) atoms. The van der Waals surface area contributed by atoms with E-state index in [1.807, 2.05) is 6.08 Å². The Balaban J connectivity index is 2.34. The second-order valence-electron chi connectivity index (χ2n) is 15.5. The molecule has 1 aliphatic heterocycles. The maximum absolute atomic E-state index is 12.9. The fraction of sp³-hybridized carbons (Fsp3) is 0.930. The fourth-order valence-electron chi connectivity index (χ4n) is 7.04. The highest BCUT2D eigenvalue weighted by Gasteiger charge is 2.44. The van der Waals surface area contributed by atoms with Crippen LogP contribution in [0.5, 0.6) is 0 Å². The summed E-state index contributed by atoms with van der Waals surface area (Å²) in [7, 11) is 0. The monoisotopic (exact) mass is 742 g/mol. The molecule has 6 N–H and O–H groups in total. The van der Waals surface area contributed by atoms with Crippen LogP contribution in [0, 0.1) is 0 Å². The van der Waals surface area contributed by atoms with Gasteiger partial charge in [0.15, 0.2) is 6.29 Å². The molecule has 1 saturated heterocycles. The van der Waals surface area contributed by atoms with Crippen molar-refractivity contribution in [3.63, 3.8) is 0 Å². The van der Waals surface area contributed by atoms with Gasteiger partial charge in [-0.15, -0.1) is 0 Å². The summed E-state index contributed by atoms with van der Waals surface area (Å²) in [5.74, 6) is -0.176. The van der Waals surface area contributed by atoms with Crippen LogP contribution >= 0.6 is 0 Å². The molecule has 0 aromatic carbocycles. The number of ether oxygens (including phenoxy) is 2. The highest BCUT2D eigenvalue weighted by atomic mass is 16.7. The number of amides is 1. The van der Waals surface area contributed by atoms with Crippen molar-refractivity contribution in [2.75, 3.05) is 13.2 Å². The van der Waals surface area contributed by atoms with Crippen LogP contribution in [-0.2, 0) is 14.3 Å². The topological polar surface area (TPSA) is 149 Å². The van der Waals surface area contributed by atoms with E-state index in [-0.39, 0.29) is 12.5 Å². The van der Waals surface area contributed by atoms with Crippen LogP contribution in [0.4, 0.5) is 0 Å². The molecule has 1 heterocycles. The molecule has 0 bridgehead atoms. The molecule has 0 radical (unpaired) electrons. The van der Waals surface area contributed by atoms with E-state index in [9.17, 15) is 30.3 Å². The number of nitrogens with one attached hydrogen (secondary N) is 1. The van der Waals surface area contributed by atoms with E-state index in [0.29, 0.717) is 6.42 Å². The third-order valence-corrected chi connectivity index (χ3v) is 10.6. The van der Waals surface area contributed by atoms with Crippen molar-refractivity contribution in [1.82, 2.24) is 5.32 Å². The first kappa shape index (κ1) is 48.9. The van der Waals surface area contributed by atoms with Crippen LogP contribution in [0.3, 0.4) is 0 Å². The summed E-state index contributed by atoms with van der Waals surface area (Å²) in [6, 6.07) is -0.796. The van der Waals surface area contributed by atoms with E-state index in [2.05, 4.69) is 19.2 Å². The molecule has 9 nitrogen and oxygen atoms in total. The summed E-state index contributed by atoms with van der Waals surface area (Å²) in [6.07, 6.45) is 31.1. The zero-order chi connectivity index (χ0) is 38.1. The minimum atomic E-state index is -1.56. The standard InChI is InChI=1S/C43H83NO8/c1-3-5-7-9-11-13-15-16-17-18-19-20-21-23-25-27-29-31-33-39(47)44-36(35-51-43-42(50)41(49)40(48)38(34-45)52-43)37(46)32-30-28-26-24-22-14-12-10-8-6-4-2/h30,32,36-38,40-43,45-46,48-50H,3-29,31,33-35H2,1-2H3,(H,44,47)/b32-30+/t36-,37+,38+,40+,41-,42+,43+/m0/s1. The normalized spacial score (nSPS) is 21.9. The number of carbonyl (C=O) groups excluding carboxylic acids is 1. The zero-order valence-corrected chi connectivity index (χ0v) is 33.6. The number of carbonyl (C=O) groups is 1. The first-order valence-electron chi connectivity index (χ1n) is 21.9. The molecule has 0 aromatic rings. The van der Waals surface area contributed by atoms with Gasteiger partial charge in [-0.3, -0.25) is 4.79 Å². The lowest BCUT2D eigenvalue weighted by atomic mass is 9.99. The Morgan fingerprint density at radius 2 is 1.06 bits per heavy atom. The predicted molar refractivity (Wildman–Crippen MR) is 212 cm³/mol. The van der Waals surface area contributed by atoms with Crippen molar-refractivity contribution in [3.05, 3.63) is 12.2 Å². The van der Waals surface area contributed by atoms with Gasteiger partial charge in [-0.05, 0) is 19.3 Å². The van der Waals surface area contributed by atoms with Gasteiger partial charge in [-0.1, -0.05) is 187 Å². The Hall–Kier alpha value is -1.07. The van der Waals surface area contributed by atoms with Crippen molar-refractivity contribution < 1.29 is 39.8 Å². The molecule has 0 spiro atoms. The molecular formula is C43H83NO8. The average Bonchev–Trinajstić information content (AvgIpc) is 3.14. The third kappa shape index (κ3) is 25.1. The van der Waals surface area contributed by atoms with Gasteiger partial charge in [-0.25, -0.2) is 0 Å². The van der Waals surface area contributed by atoms with Crippen molar-refractivity contribution in [3.8, 4) is 0 Å². The van der Waals surface area contributed by atoms with Gasteiger partial charge in [0.25, 0.3) is 0 Å². The molecule has 308 valence electrons. The van der Waals surface area contributed by atoms with Crippen LogP contribution < -0.4 is 5.32 Å². The van der Waals surface area contributed by atoms with E-state index in [4.69, 9.17) is 9.47 Å². The summed E-state index contributed by atoms with van der Waals surface area (Å²) in [5, 5.41) is 54.0. The third-order valence-electron chi connectivity index (χ3n) is 10.6. The molecule has 7 atom stereocenters. The molecule has 1 amide bonds. The summed E-state index contributed by atoms with van der Waals surface area (Å²) in [4.78, 5) is 12.9. The number of hydrogen-bond donors (Lipinski definition) is 6. The number of hydrogen-bond acceptors (Lipinski definition) is 8. The molecule has 1 rings (SSSR count). The summed E-state index contributed by atoms with van der Waals surface area (Å²) in [6.45, 7) is 3.76. The first-order valence-corrected chi connectivity index (χ1v) is 21.9. The molecule has 9 heteroatoms. The predicted octanol–water partition coefficient (Wildman–Crippen LogP) is 8.56. The summed E-state index contributed by atoms with van der Waals surface area (Å²) in [5.41, 5.74) is 0. The van der Waals surface area contributed by atoms with Crippen molar-refractivity contribution in [2.45, 2.75) is 243 Å². The Morgan fingerprint density at radius 3 is 1.50 bits per heavy atom. The van der Waals surface area contributed by atoms with Gasteiger partial charge in [0.05, 0.1) is 25.4 Å². The van der Waals surface area contributed by atoms with E-state index in [1.165, 1.54) is 141 Å². The number of allylic oxidation sites excluding steroid dienone is 1. The first-order chi connectivity index (χ1) is 25.3. The van der Waals surface area contributed by atoms with E-state index in [1.54, 1.807) is 6.08 Å². The maximum Gasteiger partial charge on any atom is 0.220 e. The Labute approximate surface area is 318 Å². The number of unbranched alkanes of at least 4 members (excludes halogenated alkanes) is 26. The molecular weight excluding hydrogens is 658 g/mol. The largest absolute Gasteiger partial charge is 0.394 e. The lowest BCUT2D eigenvalue weighted by Crippen LogP contribution is -2.60. The lowest BCUT2D eigenvalue weighted by Gasteiger charge is -2.40. The lowest BCUT2D eigenvalue weighted by molar-refractivity contribution is -0.302.